The van der Waals surface area contributed by atoms with Gasteiger partial charge in [-0.15, -0.1) is 0 Å². The van der Waals surface area contributed by atoms with Crippen LogP contribution in [0.1, 0.15) is 39.7 Å². The Kier molecular flexibility index (Phi) is 6.40. The monoisotopic (exact) mass is 307 g/mol. The van der Waals surface area contributed by atoms with Gasteiger partial charge >= 0.3 is 12.1 Å². The fraction of sp³-hybridized carbons (Fsp3) is 0.529. The van der Waals surface area contributed by atoms with Crippen molar-refractivity contribution in [2.75, 3.05) is 0 Å². The molecule has 2 N–H and O–H groups in total. The lowest BCUT2D eigenvalue weighted by Crippen LogP contribution is -2.57. The molecule has 0 atom stereocenters. The predicted octanol–water partition coefficient (Wildman–Crippen LogP) is 3.44. The van der Waals surface area contributed by atoms with Gasteiger partial charge in [-0.3, -0.25) is 4.79 Å². The third-order valence-electron chi connectivity index (χ3n) is 4.05. The minimum absolute atomic E-state index is 0.0344. The lowest BCUT2D eigenvalue weighted by Gasteiger charge is -2.40. The number of carbonyl (C=O) groups is 2. The second kappa shape index (κ2) is 7.82. The molecule has 0 unspecified atom stereocenters. The van der Waals surface area contributed by atoms with Gasteiger partial charge in [0.15, 0.2) is 0 Å². The van der Waals surface area contributed by atoms with E-state index in [4.69, 9.17) is 4.74 Å². The van der Waals surface area contributed by atoms with Crippen LogP contribution in [0, 0.1) is 11.8 Å². The Hall–Kier alpha value is -2.04. The Morgan fingerprint density at radius 1 is 1.14 bits per heavy atom. The maximum atomic E-state index is 12.1. The van der Waals surface area contributed by atoms with Crippen LogP contribution in [0.3, 0.4) is 0 Å². The minimum Gasteiger partial charge on any atom is -0.481 e. The molecule has 0 bridgehead atoms. The number of hydrogen-bond donors (Lipinski definition) is 2. The van der Waals surface area contributed by atoms with E-state index < -0.39 is 17.6 Å². The molecule has 0 heterocycles. The molecular weight excluding hydrogens is 282 g/mol. The fourth-order valence-electron chi connectivity index (χ4n) is 2.61. The summed E-state index contributed by atoms with van der Waals surface area (Å²) in [6, 6.07) is 9.35. The Morgan fingerprint density at radius 3 is 2.14 bits per heavy atom. The summed E-state index contributed by atoms with van der Waals surface area (Å²) in [5.74, 6) is -1.01. The van der Waals surface area contributed by atoms with Crippen LogP contribution in [0.25, 0.3) is 0 Å². The first-order valence-corrected chi connectivity index (χ1v) is 7.48. The molecule has 0 aliphatic carbocycles. The summed E-state index contributed by atoms with van der Waals surface area (Å²) >= 11 is 0. The SMILES string of the molecule is CC(C)C(CC(=O)O)(NC(=O)OCc1ccccc1)C(C)C. The van der Waals surface area contributed by atoms with Crippen molar-refractivity contribution in [1.82, 2.24) is 5.32 Å². The van der Waals surface area contributed by atoms with E-state index in [1.54, 1.807) is 0 Å². The molecule has 0 radical (unpaired) electrons. The zero-order chi connectivity index (χ0) is 16.8. The lowest BCUT2D eigenvalue weighted by molar-refractivity contribution is -0.139. The van der Waals surface area contributed by atoms with Gasteiger partial charge in [0.25, 0.3) is 0 Å². The zero-order valence-corrected chi connectivity index (χ0v) is 13.6. The van der Waals surface area contributed by atoms with Gasteiger partial charge in [0.2, 0.25) is 0 Å². The van der Waals surface area contributed by atoms with E-state index in [1.807, 2.05) is 58.0 Å². The van der Waals surface area contributed by atoms with Crippen molar-refractivity contribution in [2.45, 2.75) is 46.3 Å². The van der Waals surface area contributed by atoms with Crippen molar-refractivity contribution < 1.29 is 19.4 Å². The number of aliphatic carboxylic acids is 1. The number of alkyl carbamates (subject to hydrolysis) is 1. The molecule has 122 valence electrons. The average Bonchev–Trinajstić information content (AvgIpc) is 2.44. The van der Waals surface area contributed by atoms with Crippen LogP contribution in [0.2, 0.25) is 0 Å². The second-order valence-electron chi connectivity index (χ2n) is 6.11. The quantitative estimate of drug-likeness (QED) is 0.809. The largest absolute Gasteiger partial charge is 0.481 e. The number of benzene rings is 1. The molecule has 1 aromatic rings. The van der Waals surface area contributed by atoms with Crippen molar-refractivity contribution in [3.8, 4) is 0 Å². The number of carboxylic acids is 1. The number of carboxylic acid groups (broad SMARTS) is 1. The number of nitrogens with one attached hydrogen (secondary N) is 1. The predicted molar refractivity (Wildman–Crippen MR) is 84.4 cm³/mol. The third-order valence-corrected chi connectivity index (χ3v) is 4.05. The van der Waals surface area contributed by atoms with E-state index in [0.717, 1.165) is 5.56 Å². The van der Waals surface area contributed by atoms with Crippen LogP contribution in [0.4, 0.5) is 4.79 Å². The molecule has 0 aliphatic rings. The Bertz CT molecular complexity index is 489. The summed E-state index contributed by atoms with van der Waals surface area (Å²) in [5, 5.41) is 12.0. The van der Waals surface area contributed by atoms with E-state index >= 15 is 0 Å². The molecule has 5 heteroatoms. The summed E-state index contributed by atoms with van der Waals surface area (Å²) in [5.41, 5.74) is 0.0511. The second-order valence-corrected chi connectivity index (χ2v) is 6.11. The summed E-state index contributed by atoms with van der Waals surface area (Å²) < 4.78 is 5.22. The molecule has 22 heavy (non-hydrogen) atoms. The molecule has 5 nitrogen and oxygen atoms in total. The van der Waals surface area contributed by atoms with Gasteiger partial charge in [-0.25, -0.2) is 4.79 Å². The number of carbonyl (C=O) groups excluding carboxylic acids is 1. The maximum Gasteiger partial charge on any atom is 0.407 e. The summed E-state index contributed by atoms with van der Waals surface area (Å²) in [6.07, 6.45) is -0.726. The molecule has 0 fully saturated rings. The van der Waals surface area contributed by atoms with E-state index in [1.165, 1.54) is 0 Å². The van der Waals surface area contributed by atoms with Gasteiger partial charge < -0.3 is 15.2 Å². The summed E-state index contributed by atoms with van der Waals surface area (Å²) in [7, 11) is 0. The molecule has 0 saturated carbocycles. The molecule has 0 saturated heterocycles. The fourth-order valence-corrected chi connectivity index (χ4v) is 2.61. The molecule has 0 aromatic heterocycles. The lowest BCUT2D eigenvalue weighted by atomic mass is 9.74. The van der Waals surface area contributed by atoms with Crippen molar-refractivity contribution in [2.24, 2.45) is 11.8 Å². The van der Waals surface area contributed by atoms with E-state index in [2.05, 4.69) is 5.32 Å². The van der Waals surface area contributed by atoms with Crippen molar-refractivity contribution in [3.63, 3.8) is 0 Å². The molecule has 0 spiro atoms. The standard InChI is InChI=1S/C17H25NO4/c1-12(2)17(13(3)4,10-15(19)20)18-16(21)22-11-14-8-6-5-7-9-14/h5-9,12-13H,10-11H2,1-4H3,(H,18,21)(H,19,20). The van der Waals surface area contributed by atoms with Crippen molar-refractivity contribution in [1.29, 1.82) is 0 Å². The van der Waals surface area contributed by atoms with Crippen molar-refractivity contribution in [3.05, 3.63) is 35.9 Å². The van der Waals surface area contributed by atoms with Gasteiger partial charge in [0.05, 0.1) is 12.0 Å². The first-order chi connectivity index (χ1) is 10.3. The molecule has 1 aromatic carbocycles. The van der Waals surface area contributed by atoms with E-state index in [-0.39, 0.29) is 24.9 Å². The van der Waals surface area contributed by atoms with Gasteiger partial charge in [-0.1, -0.05) is 58.0 Å². The number of amides is 1. The summed E-state index contributed by atoms with van der Waals surface area (Å²) in [4.78, 5) is 23.3. The number of rotatable bonds is 7. The number of hydrogen-bond acceptors (Lipinski definition) is 3. The van der Waals surface area contributed by atoms with Gasteiger partial charge in [0.1, 0.15) is 6.61 Å². The Balaban J connectivity index is 2.76. The highest BCUT2D eigenvalue weighted by Crippen LogP contribution is 2.30. The van der Waals surface area contributed by atoms with Gasteiger partial charge in [0, 0.05) is 0 Å². The van der Waals surface area contributed by atoms with E-state index in [9.17, 15) is 14.7 Å². The van der Waals surface area contributed by atoms with Crippen LogP contribution in [-0.4, -0.2) is 22.7 Å². The minimum atomic E-state index is -0.939. The maximum absolute atomic E-state index is 12.1. The zero-order valence-electron chi connectivity index (χ0n) is 13.6. The Morgan fingerprint density at radius 2 is 1.68 bits per heavy atom. The van der Waals surface area contributed by atoms with E-state index in [0.29, 0.717) is 0 Å². The van der Waals surface area contributed by atoms with Crippen LogP contribution in [0.5, 0.6) is 0 Å². The Labute approximate surface area is 131 Å². The van der Waals surface area contributed by atoms with Crippen LogP contribution in [0.15, 0.2) is 30.3 Å². The summed E-state index contributed by atoms with van der Waals surface area (Å²) in [6.45, 7) is 7.77. The van der Waals surface area contributed by atoms with Crippen LogP contribution < -0.4 is 5.32 Å². The highest BCUT2D eigenvalue weighted by molar-refractivity contribution is 5.73. The third kappa shape index (κ3) is 4.76. The van der Waals surface area contributed by atoms with Gasteiger partial charge in [-0.05, 0) is 17.4 Å². The first-order valence-electron chi connectivity index (χ1n) is 7.48. The van der Waals surface area contributed by atoms with Crippen LogP contribution in [-0.2, 0) is 16.1 Å². The average molecular weight is 307 g/mol. The highest BCUT2D eigenvalue weighted by Gasteiger charge is 2.41. The first kappa shape index (κ1) is 18.0. The van der Waals surface area contributed by atoms with Gasteiger partial charge in [-0.2, -0.15) is 0 Å². The number of ether oxygens (including phenoxy) is 1. The normalized spacial score (nSPS) is 11.5. The van der Waals surface area contributed by atoms with Crippen molar-refractivity contribution >= 4 is 12.1 Å². The molecule has 1 rings (SSSR count). The van der Waals surface area contributed by atoms with Crippen LogP contribution >= 0.6 is 0 Å². The highest BCUT2D eigenvalue weighted by atomic mass is 16.5. The topological polar surface area (TPSA) is 75.6 Å². The molecule has 1 amide bonds. The molecular formula is C17H25NO4. The molecule has 0 aliphatic heterocycles. The smallest absolute Gasteiger partial charge is 0.407 e.